The second kappa shape index (κ2) is 5.62. The van der Waals surface area contributed by atoms with Gasteiger partial charge < -0.3 is 15.7 Å². The van der Waals surface area contributed by atoms with E-state index in [1.165, 1.54) is 19.1 Å². The molecule has 1 atom stereocenters. The van der Waals surface area contributed by atoms with Crippen molar-refractivity contribution in [1.82, 2.24) is 5.32 Å². The molecule has 1 rings (SSSR count). The molecule has 0 fully saturated rings. The van der Waals surface area contributed by atoms with E-state index < -0.39 is 23.9 Å². The van der Waals surface area contributed by atoms with Crippen LogP contribution in [0.1, 0.15) is 6.92 Å². The molecule has 2 amide bonds. The van der Waals surface area contributed by atoms with E-state index in [0.717, 1.165) is 6.07 Å². The van der Waals surface area contributed by atoms with Gasteiger partial charge in [0.25, 0.3) is 0 Å². The number of carboxylic acids is 1. The predicted molar refractivity (Wildman–Crippen MR) is 63.4 cm³/mol. The SMILES string of the molecule is C[C@@H](NC(=O)Nc1ccc(Br)c(F)c1)C(=O)O. The lowest BCUT2D eigenvalue weighted by Gasteiger charge is -2.10. The highest BCUT2D eigenvalue weighted by Gasteiger charge is 2.13. The van der Waals surface area contributed by atoms with E-state index in [1.807, 2.05) is 0 Å². The van der Waals surface area contributed by atoms with Crippen LogP contribution in [0.5, 0.6) is 0 Å². The number of hydrogen-bond donors (Lipinski definition) is 3. The number of anilines is 1. The first-order chi connectivity index (χ1) is 7.90. The van der Waals surface area contributed by atoms with Crippen molar-refractivity contribution < 1.29 is 19.1 Å². The zero-order chi connectivity index (χ0) is 13.0. The number of urea groups is 1. The summed E-state index contributed by atoms with van der Waals surface area (Å²) in [6, 6.07) is 2.32. The van der Waals surface area contributed by atoms with Crippen molar-refractivity contribution in [2.24, 2.45) is 0 Å². The van der Waals surface area contributed by atoms with Gasteiger partial charge in [-0.1, -0.05) is 0 Å². The number of rotatable bonds is 3. The number of carboxylic acid groups (broad SMARTS) is 1. The number of amides is 2. The Labute approximate surface area is 105 Å². The average Bonchev–Trinajstić information content (AvgIpc) is 2.23. The molecular weight excluding hydrogens is 295 g/mol. The van der Waals surface area contributed by atoms with Gasteiger partial charge >= 0.3 is 12.0 Å². The summed E-state index contributed by atoms with van der Waals surface area (Å²) in [6.07, 6.45) is 0. The molecule has 17 heavy (non-hydrogen) atoms. The van der Waals surface area contributed by atoms with Gasteiger partial charge in [0, 0.05) is 5.69 Å². The molecule has 0 heterocycles. The zero-order valence-corrected chi connectivity index (χ0v) is 10.4. The Balaban J connectivity index is 2.62. The van der Waals surface area contributed by atoms with Crippen LogP contribution in [0.15, 0.2) is 22.7 Å². The van der Waals surface area contributed by atoms with Crippen molar-refractivity contribution in [2.75, 3.05) is 5.32 Å². The number of benzene rings is 1. The Kier molecular flexibility index (Phi) is 4.45. The third-order valence-corrected chi connectivity index (χ3v) is 2.54. The molecular formula is C10H10BrFN2O3. The van der Waals surface area contributed by atoms with Crippen LogP contribution in [0.2, 0.25) is 0 Å². The van der Waals surface area contributed by atoms with Crippen molar-refractivity contribution in [2.45, 2.75) is 13.0 Å². The van der Waals surface area contributed by atoms with Crippen LogP contribution < -0.4 is 10.6 Å². The summed E-state index contributed by atoms with van der Waals surface area (Å²) in [4.78, 5) is 21.8. The van der Waals surface area contributed by atoms with Crippen LogP contribution in [0.4, 0.5) is 14.9 Å². The van der Waals surface area contributed by atoms with Crippen molar-refractivity contribution in [1.29, 1.82) is 0 Å². The van der Waals surface area contributed by atoms with Crippen molar-refractivity contribution in [3.8, 4) is 0 Å². The first kappa shape index (κ1) is 13.4. The minimum Gasteiger partial charge on any atom is -0.480 e. The largest absolute Gasteiger partial charge is 0.480 e. The Bertz CT molecular complexity index is 453. The Morgan fingerprint density at radius 2 is 2.12 bits per heavy atom. The van der Waals surface area contributed by atoms with Gasteiger partial charge in [-0.3, -0.25) is 4.79 Å². The average molecular weight is 305 g/mol. The number of carbonyl (C=O) groups excluding carboxylic acids is 1. The molecule has 0 radical (unpaired) electrons. The summed E-state index contributed by atoms with van der Waals surface area (Å²) in [6.45, 7) is 1.32. The molecule has 92 valence electrons. The smallest absolute Gasteiger partial charge is 0.325 e. The van der Waals surface area contributed by atoms with E-state index in [1.54, 1.807) is 0 Å². The summed E-state index contributed by atoms with van der Waals surface area (Å²) in [5, 5.41) is 13.1. The molecule has 0 aromatic heterocycles. The lowest BCUT2D eigenvalue weighted by molar-refractivity contribution is -0.138. The van der Waals surface area contributed by atoms with Gasteiger partial charge in [-0.05, 0) is 41.1 Å². The number of hydrogen-bond acceptors (Lipinski definition) is 2. The van der Waals surface area contributed by atoms with Gasteiger partial charge in [-0.25, -0.2) is 9.18 Å². The second-order valence-corrected chi connectivity index (χ2v) is 4.14. The second-order valence-electron chi connectivity index (χ2n) is 3.29. The van der Waals surface area contributed by atoms with E-state index in [-0.39, 0.29) is 10.2 Å². The first-order valence-corrected chi connectivity index (χ1v) is 5.45. The number of halogens is 2. The van der Waals surface area contributed by atoms with Crippen molar-refractivity contribution >= 4 is 33.6 Å². The maximum atomic E-state index is 13.1. The molecule has 3 N–H and O–H groups in total. The van der Waals surface area contributed by atoms with Crippen LogP contribution in [0.3, 0.4) is 0 Å². The third kappa shape index (κ3) is 4.03. The van der Waals surface area contributed by atoms with Crippen LogP contribution in [0.25, 0.3) is 0 Å². The third-order valence-electron chi connectivity index (χ3n) is 1.90. The van der Waals surface area contributed by atoms with Crippen LogP contribution >= 0.6 is 15.9 Å². The fraction of sp³-hybridized carbons (Fsp3) is 0.200. The Hall–Kier alpha value is -1.63. The summed E-state index contributed by atoms with van der Waals surface area (Å²) in [5.41, 5.74) is 0.237. The van der Waals surface area contributed by atoms with Gasteiger partial charge in [0.1, 0.15) is 11.9 Å². The summed E-state index contributed by atoms with van der Waals surface area (Å²) in [5.74, 6) is -1.67. The van der Waals surface area contributed by atoms with Crippen molar-refractivity contribution in [3.05, 3.63) is 28.5 Å². The van der Waals surface area contributed by atoms with Crippen LogP contribution in [-0.2, 0) is 4.79 Å². The molecule has 0 saturated carbocycles. The molecule has 0 bridgehead atoms. The van der Waals surface area contributed by atoms with Gasteiger partial charge in [-0.15, -0.1) is 0 Å². The Morgan fingerprint density at radius 1 is 1.47 bits per heavy atom. The normalized spacial score (nSPS) is 11.7. The monoisotopic (exact) mass is 304 g/mol. The maximum absolute atomic E-state index is 13.1. The zero-order valence-electron chi connectivity index (χ0n) is 8.83. The van der Waals surface area contributed by atoms with Crippen LogP contribution in [0, 0.1) is 5.82 Å². The summed E-state index contributed by atoms with van der Waals surface area (Å²) >= 11 is 2.97. The van der Waals surface area contributed by atoms with Gasteiger partial charge in [0.2, 0.25) is 0 Å². The number of carbonyl (C=O) groups is 2. The van der Waals surface area contributed by atoms with E-state index in [0.29, 0.717) is 0 Å². The predicted octanol–water partition coefficient (Wildman–Crippen LogP) is 2.18. The van der Waals surface area contributed by atoms with E-state index in [4.69, 9.17) is 5.11 Å². The number of aliphatic carboxylic acids is 1. The maximum Gasteiger partial charge on any atom is 0.325 e. The highest BCUT2D eigenvalue weighted by atomic mass is 79.9. The standard InChI is InChI=1S/C10H10BrFN2O3/c1-5(9(15)16)13-10(17)14-6-2-3-7(11)8(12)4-6/h2-5H,1H3,(H,15,16)(H2,13,14,17)/t5-/m1/s1. The quantitative estimate of drug-likeness (QED) is 0.801. The molecule has 0 aliphatic carbocycles. The minimum absolute atomic E-state index is 0.237. The fourth-order valence-corrected chi connectivity index (χ4v) is 1.25. The summed E-state index contributed by atoms with van der Waals surface area (Å²) in [7, 11) is 0. The first-order valence-electron chi connectivity index (χ1n) is 4.65. The number of nitrogens with one attached hydrogen (secondary N) is 2. The fourth-order valence-electron chi connectivity index (χ4n) is 0.999. The molecule has 0 unspecified atom stereocenters. The van der Waals surface area contributed by atoms with Gasteiger partial charge in [0.15, 0.2) is 0 Å². The Morgan fingerprint density at radius 3 is 2.65 bits per heavy atom. The lowest BCUT2D eigenvalue weighted by atomic mass is 10.3. The molecule has 0 saturated heterocycles. The van der Waals surface area contributed by atoms with Crippen LogP contribution in [-0.4, -0.2) is 23.1 Å². The lowest BCUT2D eigenvalue weighted by Crippen LogP contribution is -2.40. The van der Waals surface area contributed by atoms with Crippen molar-refractivity contribution in [3.63, 3.8) is 0 Å². The molecule has 5 nitrogen and oxygen atoms in total. The molecule has 0 aliphatic rings. The highest BCUT2D eigenvalue weighted by molar-refractivity contribution is 9.10. The molecule has 1 aromatic rings. The summed E-state index contributed by atoms with van der Waals surface area (Å²) < 4.78 is 13.4. The molecule has 0 aliphatic heterocycles. The van der Waals surface area contributed by atoms with E-state index in [9.17, 15) is 14.0 Å². The topological polar surface area (TPSA) is 78.4 Å². The van der Waals surface area contributed by atoms with E-state index >= 15 is 0 Å². The van der Waals surface area contributed by atoms with E-state index in [2.05, 4.69) is 26.6 Å². The molecule has 0 spiro atoms. The minimum atomic E-state index is -1.15. The van der Waals surface area contributed by atoms with Gasteiger partial charge in [0.05, 0.1) is 4.47 Å². The highest BCUT2D eigenvalue weighted by Crippen LogP contribution is 2.19. The van der Waals surface area contributed by atoms with Gasteiger partial charge in [-0.2, -0.15) is 0 Å². The molecule has 1 aromatic carbocycles. The molecule has 7 heteroatoms.